The fraction of sp³-hybridized carbons (Fsp3) is 0.500. The topological polar surface area (TPSA) is 89.1 Å². The molecular weight excluding hydrogens is 490 g/mol. The monoisotopic (exact) mass is 529 g/mol. The minimum atomic E-state index is -0.672. The molecule has 1 fully saturated rings. The van der Waals surface area contributed by atoms with Crippen LogP contribution in [0.4, 0.5) is 0 Å². The molecule has 0 saturated heterocycles. The Bertz CT molecular complexity index is 1020. The van der Waals surface area contributed by atoms with Crippen LogP contribution in [0.25, 0.3) is 0 Å². The summed E-state index contributed by atoms with van der Waals surface area (Å²) in [7, 11) is 7.15. The Labute approximate surface area is 224 Å². The summed E-state index contributed by atoms with van der Waals surface area (Å²) < 4.78 is 17.0. The van der Waals surface area contributed by atoms with Crippen molar-refractivity contribution in [1.82, 2.24) is 15.5 Å². The number of rotatable bonds is 13. The van der Waals surface area contributed by atoms with E-state index < -0.39 is 6.04 Å². The van der Waals surface area contributed by atoms with E-state index in [1.54, 1.807) is 12.1 Å². The number of hydrogen-bond donors (Lipinski definition) is 2. The molecule has 2 amide bonds. The van der Waals surface area contributed by atoms with E-state index >= 15 is 0 Å². The van der Waals surface area contributed by atoms with Crippen molar-refractivity contribution in [3.63, 3.8) is 0 Å². The summed E-state index contributed by atoms with van der Waals surface area (Å²) in [5.41, 5.74) is 1.29. The van der Waals surface area contributed by atoms with Gasteiger partial charge in [-0.2, -0.15) is 11.8 Å². The van der Waals surface area contributed by atoms with E-state index in [9.17, 15) is 9.59 Å². The molecule has 9 heteroatoms. The lowest BCUT2D eigenvalue weighted by atomic mass is 9.96. The number of thioether (sulfide) groups is 1. The average Bonchev–Trinajstić information content (AvgIpc) is 3.41. The van der Waals surface area contributed by atoms with Crippen LogP contribution in [0.2, 0.25) is 0 Å². The highest BCUT2D eigenvalue weighted by Crippen LogP contribution is 2.39. The van der Waals surface area contributed by atoms with E-state index in [0.29, 0.717) is 41.7 Å². The number of hydrogen-bond acceptors (Lipinski definition) is 7. The third-order valence-electron chi connectivity index (χ3n) is 6.98. The number of carbonyl (C=O) groups excluding carboxylic acids is 2. The molecule has 2 N–H and O–H groups in total. The number of nitrogens with zero attached hydrogens (tertiary/aromatic N) is 1. The summed E-state index contributed by atoms with van der Waals surface area (Å²) >= 11 is 1.51. The minimum absolute atomic E-state index is 0.0279. The normalized spacial score (nSPS) is 15.2. The van der Waals surface area contributed by atoms with Gasteiger partial charge in [0.1, 0.15) is 12.6 Å². The van der Waals surface area contributed by atoms with Gasteiger partial charge in [0.05, 0.1) is 14.2 Å². The Morgan fingerprint density at radius 2 is 1.68 bits per heavy atom. The number of likely N-dealkylation sites (N-methyl/N-ethyl adjacent to an activating group) is 1. The van der Waals surface area contributed by atoms with Crippen LogP contribution in [0, 0.1) is 0 Å². The molecule has 1 saturated carbocycles. The van der Waals surface area contributed by atoms with Gasteiger partial charge < -0.3 is 29.7 Å². The van der Waals surface area contributed by atoms with Gasteiger partial charge in [-0.1, -0.05) is 43.2 Å². The Hall–Kier alpha value is -2.91. The molecule has 1 aliphatic carbocycles. The molecule has 0 aromatic heterocycles. The fourth-order valence-electron chi connectivity index (χ4n) is 4.66. The summed E-state index contributed by atoms with van der Waals surface area (Å²) in [5.74, 6) is 1.05. The standard InChI is InChI=1S/C28H39N3O5S/c1-31(2)28(13-9-10-14-28)19-29-27(33)22(18-37-5)30-26(32)21-15-23(34-3)25(24(16-21)35-4)36-17-20-11-7-6-8-12-20/h6-8,11-12,15-16,22H,9-10,13-14,17-19H2,1-5H3,(H,29,33)(H,30,32)/t22-/m0/s1. The zero-order valence-corrected chi connectivity index (χ0v) is 23.3. The highest BCUT2D eigenvalue weighted by atomic mass is 32.2. The maximum atomic E-state index is 13.2. The second-order valence-corrected chi connectivity index (χ2v) is 10.4. The molecule has 1 aliphatic rings. The van der Waals surface area contributed by atoms with Crippen molar-refractivity contribution in [2.24, 2.45) is 0 Å². The van der Waals surface area contributed by atoms with Crippen molar-refractivity contribution >= 4 is 23.6 Å². The molecule has 37 heavy (non-hydrogen) atoms. The first-order valence-electron chi connectivity index (χ1n) is 12.5. The first kappa shape index (κ1) is 28.7. The van der Waals surface area contributed by atoms with Crippen molar-refractivity contribution in [2.45, 2.75) is 43.9 Å². The summed E-state index contributed by atoms with van der Waals surface area (Å²) in [4.78, 5) is 28.6. The van der Waals surface area contributed by atoms with Gasteiger partial charge in [0.15, 0.2) is 11.5 Å². The molecule has 202 valence electrons. The summed E-state index contributed by atoms with van der Waals surface area (Å²) in [5, 5.41) is 5.99. The Morgan fingerprint density at radius 1 is 1.05 bits per heavy atom. The lowest BCUT2D eigenvalue weighted by molar-refractivity contribution is -0.123. The van der Waals surface area contributed by atoms with Crippen LogP contribution in [0.3, 0.4) is 0 Å². The van der Waals surface area contributed by atoms with Gasteiger partial charge in [0.25, 0.3) is 5.91 Å². The van der Waals surface area contributed by atoms with E-state index in [0.717, 1.165) is 31.2 Å². The van der Waals surface area contributed by atoms with Gasteiger partial charge in [-0.05, 0) is 50.9 Å². The van der Waals surface area contributed by atoms with Gasteiger partial charge in [-0.25, -0.2) is 0 Å². The van der Waals surface area contributed by atoms with Gasteiger partial charge >= 0.3 is 0 Å². The van der Waals surface area contributed by atoms with Gasteiger partial charge in [-0.3, -0.25) is 9.59 Å². The Kier molecular flexibility index (Phi) is 10.5. The van der Waals surface area contributed by atoms with Crippen molar-refractivity contribution < 1.29 is 23.8 Å². The zero-order chi connectivity index (χ0) is 26.8. The Balaban J connectivity index is 1.72. The van der Waals surface area contributed by atoms with Crippen LogP contribution in [-0.4, -0.2) is 75.2 Å². The molecule has 8 nitrogen and oxygen atoms in total. The van der Waals surface area contributed by atoms with Crippen molar-refractivity contribution in [3.8, 4) is 17.2 Å². The maximum absolute atomic E-state index is 13.2. The lowest BCUT2D eigenvalue weighted by Crippen LogP contribution is -2.55. The number of benzene rings is 2. The van der Waals surface area contributed by atoms with Crippen LogP contribution in [0.1, 0.15) is 41.6 Å². The molecule has 0 unspecified atom stereocenters. The average molecular weight is 530 g/mol. The zero-order valence-electron chi connectivity index (χ0n) is 22.5. The van der Waals surface area contributed by atoms with E-state index in [1.165, 1.54) is 26.0 Å². The lowest BCUT2D eigenvalue weighted by Gasteiger charge is -2.37. The van der Waals surface area contributed by atoms with E-state index in [2.05, 4.69) is 29.6 Å². The second-order valence-electron chi connectivity index (χ2n) is 9.51. The van der Waals surface area contributed by atoms with E-state index in [-0.39, 0.29) is 17.4 Å². The summed E-state index contributed by atoms with van der Waals surface area (Å²) in [6.45, 7) is 0.887. The molecule has 0 radical (unpaired) electrons. The second kappa shape index (κ2) is 13.6. The highest BCUT2D eigenvalue weighted by molar-refractivity contribution is 7.98. The number of amides is 2. The van der Waals surface area contributed by atoms with Crippen LogP contribution in [-0.2, 0) is 11.4 Å². The van der Waals surface area contributed by atoms with Crippen LogP contribution in [0.15, 0.2) is 42.5 Å². The molecule has 0 aliphatic heterocycles. The highest BCUT2D eigenvalue weighted by Gasteiger charge is 2.36. The smallest absolute Gasteiger partial charge is 0.252 e. The first-order chi connectivity index (χ1) is 17.8. The first-order valence-corrected chi connectivity index (χ1v) is 13.9. The van der Waals surface area contributed by atoms with Gasteiger partial charge in [-0.15, -0.1) is 0 Å². The molecule has 3 rings (SSSR count). The third kappa shape index (κ3) is 7.32. The van der Waals surface area contributed by atoms with Crippen molar-refractivity contribution in [2.75, 3.05) is 46.9 Å². The molecule has 0 bridgehead atoms. The third-order valence-corrected chi connectivity index (χ3v) is 7.65. The predicted octanol–water partition coefficient (Wildman–Crippen LogP) is 3.73. The molecule has 2 aromatic carbocycles. The van der Waals surface area contributed by atoms with Crippen LogP contribution in [0.5, 0.6) is 17.2 Å². The van der Waals surface area contributed by atoms with Crippen molar-refractivity contribution in [1.29, 1.82) is 0 Å². The van der Waals surface area contributed by atoms with Gasteiger partial charge in [0, 0.05) is 23.4 Å². The SMILES string of the molecule is COc1cc(C(=O)N[C@@H](CSC)C(=O)NCC2(N(C)C)CCCC2)cc(OC)c1OCc1ccccc1. The molecular formula is C28H39N3O5S. The summed E-state index contributed by atoms with van der Waals surface area (Å²) in [6, 6.07) is 12.3. The number of nitrogens with one attached hydrogen (secondary N) is 2. The van der Waals surface area contributed by atoms with Gasteiger partial charge in [0.2, 0.25) is 11.7 Å². The number of carbonyl (C=O) groups is 2. The molecule has 2 aromatic rings. The van der Waals surface area contributed by atoms with E-state index in [4.69, 9.17) is 14.2 Å². The number of methoxy groups -OCH3 is 2. The van der Waals surface area contributed by atoms with Crippen LogP contribution >= 0.6 is 11.8 Å². The summed E-state index contributed by atoms with van der Waals surface area (Å²) in [6.07, 6.45) is 6.34. The van der Waals surface area contributed by atoms with Crippen molar-refractivity contribution in [3.05, 3.63) is 53.6 Å². The largest absolute Gasteiger partial charge is 0.493 e. The van der Waals surface area contributed by atoms with Crippen LogP contribution < -0.4 is 24.8 Å². The maximum Gasteiger partial charge on any atom is 0.252 e. The Morgan fingerprint density at radius 3 is 2.22 bits per heavy atom. The predicted molar refractivity (Wildman–Crippen MR) is 148 cm³/mol. The molecule has 0 heterocycles. The molecule has 1 atom stereocenters. The number of ether oxygens (including phenoxy) is 3. The molecule has 0 spiro atoms. The van der Waals surface area contributed by atoms with E-state index in [1.807, 2.05) is 36.6 Å². The minimum Gasteiger partial charge on any atom is -0.493 e. The quantitative estimate of drug-likeness (QED) is 0.409. The fourth-order valence-corrected chi connectivity index (χ4v) is 5.23.